The molecule has 0 unspecified atom stereocenters. The molecule has 4 rings (SSSR count). The standard InChI is InChI=1S/C25H28N4O3S/c1-18-26-16-15-24(27-18)20-7-6-8-21(17-20)28-25(30)19-11-13-23(14-12-19)33(31,32)29(2)22-9-4-3-5-10-22/h6-8,11-17,22H,3-5,9-10H2,1-2H3,(H,28,30). The van der Waals surface area contributed by atoms with Crippen LogP contribution in [-0.4, -0.2) is 41.7 Å². The Labute approximate surface area is 194 Å². The minimum Gasteiger partial charge on any atom is -0.322 e. The normalized spacial score (nSPS) is 14.9. The molecular weight excluding hydrogens is 436 g/mol. The highest BCUT2D eigenvalue weighted by Crippen LogP contribution is 2.27. The van der Waals surface area contributed by atoms with Crippen LogP contribution in [0.5, 0.6) is 0 Å². The van der Waals surface area contributed by atoms with E-state index in [2.05, 4.69) is 15.3 Å². The summed E-state index contributed by atoms with van der Waals surface area (Å²) in [5.41, 5.74) is 2.65. The van der Waals surface area contributed by atoms with Gasteiger partial charge >= 0.3 is 0 Å². The van der Waals surface area contributed by atoms with Crippen LogP contribution in [0.2, 0.25) is 0 Å². The van der Waals surface area contributed by atoms with Crippen molar-refractivity contribution in [2.75, 3.05) is 12.4 Å². The van der Waals surface area contributed by atoms with Gasteiger partial charge in [-0.15, -0.1) is 0 Å². The van der Waals surface area contributed by atoms with E-state index in [0.29, 0.717) is 17.1 Å². The van der Waals surface area contributed by atoms with E-state index in [1.54, 1.807) is 31.4 Å². The van der Waals surface area contributed by atoms with Gasteiger partial charge in [-0.1, -0.05) is 31.4 Å². The van der Waals surface area contributed by atoms with E-state index < -0.39 is 10.0 Å². The van der Waals surface area contributed by atoms with Crippen molar-refractivity contribution in [3.8, 4) is 11.3 Å². The minimum absolute atomic E-state index is 0.0395. The van der Waals surface area contributed by atoms with Gasteiger partial charge in [-0.3, -0.25) is 4.79 Å². The van der Waals surface area contributed by atoms with Crippen LogP contribution >= 0.6 is 0 Å². The number of hydrogen-bond acceptors (Lipinski definition) is 5. The van der Waals surface area contributed by atoms with Gasteiger partial charge in [0.2, 0.25) is 10.0 Å². The number of nitrogens with zero attached hydrogens (tertiary/aromatic N) is 3. The van der Waals surface area contributed by atoms with Crippen LogP contribution in [-0.2, 0) is 10.0 Å². The van der Waals surface area contributed by atoms with Crippen molar-refractivity contribution < 1.29 is 13.2 Å². The molecule has 1 saturated carbocycles. The molecule has 1 heterocycles. The minimum atomic E-state index is -3.59. The summed E-state index contributed by atoms with van der Waals surface area (Å²) in [5.74, 6) is 0.363. The Balaban J connectivity index is 1.47. The lowest BCUT2D eigenvalue weighted by Gasteiger charge is -2.30. The number of amides is 1. The molecule has 1 amide bonds. The third kappa shape index (κ3) is 5.29. The summed E-state index contributed by atoms with van der Waals surface area (Å²) in [7, 11) is -1.94. The molecule has 7 nitrogen and oxygen atoms in total. The Kier molecular flexibility index (Phi) is 6.85. The van der Waals surface area contributed by atoms with Gasteiger partial charge in [-0.2, -0.15) is 4.31 Å². The highest BCUT2D eigenvalue weighted by molar-refractivity contribution is 7.89. The number of carbonyl (C=O) groups excluding carboxylic acids is 1. The number of aromatic nitrogens is 2. The number of anilines is 1. The first-order valence-electron chi connectivity index (χ1n) is 11.1. The second kappa shape index (κ2) is 9.80. The lowest BCUT2D eigenvalue weighted by molar-refractivity contribution is 0.102. The molecule has 0 saturated heterocycles. The average Bonchev–Trinajstić information content (AvgIpc) is 2.84. The topological polar surface area (TPSA) is 92.3 Å². The maximum absolute atomic E-state index is 13.0. The molecule has 33 heavy (non-hydrogen) atoms. The maximum atomic E-state index is 13.0. The lowest BCUT2D eigenvalue weighted by atomic mass is 9.96. The monoisotopic (exact) mass is 464 g/mol. The Bertz CT molecular complexity index is 1240. The highest BCUT2D eigenvalue weighted by atomic mass is 32.2. The first-order valence-corrected chi connectivity index (χ1v) is 12.6. The fraction of sp³-hybridized carbons (Fsp3) is 0.320. The number of nitrogens with one attached hydrogen (secondary N) is 1. The highest BCUT2D eigenvalue weighted by Gasteiger charge is 2.29. The van der Waals surface area contributed by atoms with Crippen molar-refractivity contribution in [1.29, 1.82) is 0 Å². The summed E-state index contributed by atoms with van der Waals surface area (Å²) in [5, 5.41) is 2.87. The summed E-state index contributed by atoms with van der Waals surface area (Å²) in [6, 6.07) is 15.4. The molecule has 172 valence electrons. The zero-order chi connectivity index (χ0) is 23.4. The van der Waals surface area contributed by atoms with Gasteiger partial charge in [0, 0.05) is 36.1 Å². The van der Waals surface area contributed by atoms with Crippen molar-refractivity contribution in [3.05, 3.63) is 72.2 Å². The Morgan fingerprint density at radius 3 is 2.45 bits per heavy atom. The molecule has 0 bridgehead atoms. The van der Waals surface area contributed by atoms with Gasteiger partial charge in [-0.05, 0) is 62.2 Å². The van der Waals surface area contributed by atoms with Crippen LogP contribution in [0, 0.1) is 6.92 Å². The van der Waals surface area contributed by atoms with Crippen LogP contribution in [0.4, 0.5) is 5.69 Å². The zero-order valence-corrected chi connectivity index (χ0v) is 19.7. The molecular formula is C25H28N4O3S. The summed E-state index contributed by atoms with van der Waals surface area (Å²) >= 11 is 0. The van der Waals surface area contributed by atoms with Gasteiger partial charge < -0.3 is 5.32 Å². The van der Waals surface area contributed by atoms with Gasteiger partial charge in [0.25, 0.3) is 5.91 Å². The zero-order valence-electron chi connectivity index (χ0n) is 18.9. The smallest absolute Gasteiger partial charge is 0.255 e. The predicted molar refractivity (Wildman–Crippen MR) is 128 cm³/mol. The lowest BCUT2D eigenvalue weighted by Crippen LogP contribution is -2.38. The van der Waals surface area contributed by atoms with Gasteiger partial charge in [0.05, 0.1) is 10.6 Å². The van der Waals surface area contributed by atoms with E-state index in [1.807, 2.05) is 31.2 Å². The van der Waals surface area contributed by atoms with E-state index in [9.17, 15) is 13.2 Å². The van der Waals surface area contributed by atoms with Crippen molar-refractivity contribution in [2.45, 2.75) is 50.0 Å². The fourth-order valence-electron chi connectivity index (χ4n) is 4.16. The van der Waals surface area contributed by atoms with E-state index in [4.69, 9.17) is 0 Å². The van der Waals surface area contributed by atoms with E-state index in [-0.39, 0.29) is 16.8 Å². The third-order valence-corrected chi connectivity index (χ3v) is 8.00. The van der Waals surface area contributed by atoms with E-state index in [1.165, 1.54) is 16.4 Å². The summed E-state index contributed by atoms with van der Waals surface area (Å²) in [6.07, 6.45) is 6.76. The van der Waals surface area contributed by atoms with Gasteiger partial charge in [0.1, 0.15) is 5.82 Å². The van der Waals surface area contributed by atoms with E-state index >= 15 is 0 Å². The SMILES string of the molecule is Cc1nccc(-c2cccc(NC(=O)c3ccc(S(=O)(=O)N(C)C4CCCCC4)cc3)c2)n1. The van der Waals surface area contributed by atoms with Crippen molar-refractivity contribution in [2.24, 2.45) is 0 Å². The summed E-state index contributed by atoms with van der Waals surface area (Å²) in [4.78, 5) is 21.5. The van der Waals surface area contributed by atoms with Gasteiger partial charge in [-0.25, -0.2) is 18.4 Å². The second-order valence-electron chi connectivity index (χ2n) is 8.36. The molecule has 1 aromatic heterocycles. The number of rotatable bonds is 6. The largest absolute Gasteiger partial charge is 0.322 e. The van der Waals surface area contributed by atoms with Crippen LogP contribution in [0.15, 0.2) is 65.7 Å². The van der Waals surface area contributed by atoms with Crippen molar-refractivity contribution in [1.82, 2.24) is 14.3 Å². The molecule has 8 heteroatoms. The molecule has 0 radical (unpaired) electrons. The molecule has 2 aromatic carbocycles. The fourth-order valence-corrected chi connectivity index (χ4v) is 5.58. The molecule has 1 fully saturated rings. The molecule has 0 aliphatic heterocycles. The Morgan fingerprint density at radius 2 is 1.76 bits per heavy atom. The quantitative estimate of drug-likeness (QED) is 0.573. The number of benzene rings is 2. The second-order valence-corrected chi connectivity index (χ2v) is 10.4. The Morgan fingerprint density at radius 1 is 1.03 bits per heavy atom. The predicted octanol–water partition coefficient (Wildman–Crippen LogP) is 4.66. The Hall–Kier alpha value is -3.10. The first kappa shape index (κ1) is 23.1. The van der Waals surface area contributed by atoms with Crippen LogP contribution in [0.25, 0.3) is 11.3 Å². The van der Waals surface area contributed by atoms with Crippen molar-refractivity contribution >= 4 is 21.6 Å². The van der Waals surface area contributed by atoms with Crippen LogP contribution in [0.1, 0.15) is 48.3 Å². The molecule has 1 aliphatic rings. The van der Waals surface area contributed by atoms with Crippen molar-refractivity contribution in [3.63, 3.8) is 0 Å². The third-order valence-electron chi connectivity index (χ3n) is 6.07. The maximum Gasteiger partial charge on any atom is 0.255 e. The molecule has 1 aliphatic carbocycles. The number of hydrogen-bond donors (Lipinski definition) is 1. The van der Waals surface area contributed by atoms with Gasteiger partial charge in [0.15, 0.2) is 0 Å². The van der Waals surface area contributed by atoms with Crippen LogP contribution < -0.4 is 5.32 Å². The average molecular weight is 465 g/mol. The summed E-state index contributed by atoms with van der Waals surface area (Å²) in [6.45, 7) is 1.83. The van der Waals surface area contributed by atoms with Crippen LogP contribution in [0.3, 0.4) is 0 Å². The molecule has 0 spiro atoms. The summed E-state index contributed by atoms with van der Waals surface area (Å²) < 4.78 is 27.5. The molecule has 0 atom stereocenters. The number of sulfonamides is 1. The number of carbonyl (C=O) groups is 1. The first-order chi connectivity index (χ1) is 15.8. The van der Waals surface area contributed by atoms with E-state index in [0.717, 1.165) is 43.4 Å². The molecule has 3 aromatic rings. The number of aryl methyl sites for hydroxylation is 1. The molecule has 1 N–H and O–H groups in total.